The number of amides is 1. The molecule has 174 valence electrons. The van der Waals surface area contributed by atoms with E-state index in [1.807, 2.05) is 12.1 Å². The molecular formula is C24H34N4O4. The van der Waals surface area contributed by atoms with E-state index in [0.29, 0.717) is 31.8 Å². The van der Waals surface area contributed by atoms with Crippen molar-refractivity contribution in [1.29, 1.82) is 0 Å². The molecule has 0 radical (unpaired) electrons. The monoisotopic (exact) mass is 442 g/mol. The molecule has 2 N–H and O–H groups in total. The van der Waals surface area contributed by atoms with Crippen LogP contribution in [-0.4, -0.2) is 63.3 Å². The van der Waals surface area contributed by atoms with Gasteiger partial charge in [0.1, 0.15) is 5.76 Å². The van der Waals surface area contributed by atoms with Crippen LogP contribution in [0.1, 0.15) is 29.7 Å². The Morgan fingerprint density at radius 1 is 1.12 bits per heavy atom. The van der Waals surface area contributed by atoms with Gasteiger partial charge in [-0.25, -0.2) is 4.99 Å². The van der Waals surface area contributed by atoms with E-state index in [4.69, 9.17) is 13.9 Å². The topological polar surface area (TPSA) is 88.3 Å². The maximum absolute atomic E-state index is 11.9. The van der Waals surface area contributed by atoms with Crippen molar-refractivity contribution in [3.05, 3.63) is 59.5 Å². The lowest BCUT2D eigenvalue weighted by Crippen LogP contribution is -2.43. The maximum atomic E-state index is 11.9. The van der Waals surface area contributed by atoms with Gasteiger partial charge in [0.15, 0.2) is 5.96 Å². The molecule has 1 amide bonds. The van der Waals surface area contributed by atoms with E-state index in [2.05, 4.69) is 39.9 Å². The Bertz CT molecular complexity index is 828. The summed E-state index contributed by atoms with van der Waals surface area (Å²) in [5, 5.41) is 6.37. The van der Waals surface area contributed by atoms with Gasteiger partial charge in [-0.05, 0) is 36.1 Å². The highest BCUT2D eigenvalue weighted by atomic mass is 16.5. The van der Waals surface area contributed by atoms with Crippen molar-refractivity contribution in [2.45, 2.75) is 38.5 Å². The van der Waals surface area contributed by atoms with E-state index in [9.17, 15) is 4.79 Å². The van der Waals surface area contributed by atoms with Crippen molar-refractivity contribution in [2.75, 3.05) is 40.4 Å². The fourth-order valence-corrected chi connectivity index (χ4v) is 3.22. The predicted molar refractivity (Wildman–Crippen MR) is 123 cm³/mol. The van der Waals surface area contributed by atoms with Crippen LogP contribution >= 0.6 is 0 Å². The summed E-state index contributed by atoms with van der Waals surface area (Å²) in [5.74, 6) is 1.48. The molecule has 32 heavy (non-hydrogen) atoms. The molecule has 1 saturated heterocycles. The van der Waals surface area contributed by atoms with E-state index < -0.39 is 0 Å². The van der Waals surface area contributed by atoms with Crippen LogP contribution in [-0.2, 0) is 33.8 Å². The fourth-order valence-electron chi connectivity index (χ4n) is 3.22. The van der Waals surface area contributed by atoms with Gasteiger partial charge in [-0.15, -0.1) is 0 Å². The molecular weight excluding hydrogens is 408 g/mol. The summed E-state index contributed by atoms with van der Waals surface area (Å²) in [6.07, 6.45) is 4.62. The Morgan fingerprint density at radius 2 is 1.88 bits per heavy atom. The molecule has 8 nitrogen and oxygen atoms in total. The van der Waals surface area contributed by atoms with Gasteiger partial charge in [-0.2, -0.15) is 0 Å². The molecule has 0 unspecified atom stereocenters. The third-order valence-electron chi connectivity index (χ3n) is 5.25. The normalized spacial score (nSPS) is 14.9. The minimum absolute atomic E-state index is 0.0144. The smallest absolute Gasteiger partial charge is 0.241 e. The van der Waals surface area contributed by atoms with Crippen molar-refractivity contribution >= 4 is 11.9 Å². The molecule has 1 aromatic heterocycles. The van der Waals surface area contributed by atoms with Crippen LogP contribution in [0.15, 0.2) is 52.1 Å². The number of hydrogen-bond donors (Lipinski definition) is 2. The average molecular weight is 443 g/mol. The number of furan rings is 1. The molecule has 2 heterocycles. The van der Waals surface area contributed by atoms with Gasteiger partial charge in [-0.1, -0.05) is 24.3 Å². The highest BCUT2D eigenvalue weighted by molar-refractivity contribution is 5.86. The quantitative estimate of drug-likeness (QED) is 0.434. The predicted octanol–water partition coefficient (Wildman–Crippen LogP) is 2.34. The summed E-state index contributed by atoms with van der Waals surface area (Å²) >= 11 is 0. The number of carbonyl (C=O) groups excluding carboxylic acids is 1. The van der Waals surface area contributed by atoms with Gasteiger partial charge in [0.25, 0.3) is 0 Å². The summed E-state index contributed by atoms with van der Waals surface area (Å²) in [7, 11) is 3.47. The number of ether oxygens (including phenoxy) is 2. The SMILES string of the molecule is CN(C)C(=O)CNC(=NCc1ccc(COC2CCOCC2)cc1)NCCc1ccco1. The van der Waals surface area contributed by atoms with E-state index >= 15 is 0 Å². The van der Waals surface area contributed by atoms with E-state index in [-0.39, 0.29) is 12.5 Å². The van der Waals surface area contributed by atoms with E-state index in [0.717, 1.165) is 49.4 Å². The number of nitrogens with zero attached hydrogens (tertiary/aromatic N) is 2. The first-order chi connectivity index (χ1) is 15.6. The lowest BCUT2D eigenvalue weighted by atomic mass is 10.1. The molecule has 1 fully saturated rings. The summed E-state index contributed by atoms with van der Waals surface area (Å²) in [6, 6.07) is 12.1. The number of aliphatic imine (C=N–C) groups is 1. The van der Waals surface area contributed by atoms with Crippen LogP contribution in [0.25, 0.3) is 0 Å². The van der Waals surface area contributed by atoms with Gasteiger partial charge in [0, 0.05) is 40.3 Å². The Balaban J connectivity index is 1.50. The molecule has 2 aromatic rings. The second kappa shape index (κ2) is 12.9. The number of rotatable bonds is 10. The summed E-state index contributed by atoms with van der Waals surface area (Å²) in [6.45, 7) is 3.52. The average Bonchev–Trinajstić information content (AvgIpc) is 3.33. The molecule has 0 aliphatic carbocycles. The van der Waals surface area contributed by atoms with Crippen LogP contribution in [0.3, 0.4) is 0 Å². The standard InChI is InChI=1S/C24H34N4O4/c1-28(2)23(29)17-27-24(25-12-9-21-4-3-13-31-21)26-16-19-5-7-20(8-6-19)18-32-22-10-14-30-15-11-22/h3-8,13,22H,9-12,14-18H2,1-2H3,(H2,25,26,27). The lowest BCUT2D eigenvalue weighted by Gasteiger charge is -2.22. The second-order valence-electron chi connectivity index (χ2n) is 8.00. The largest absolute Gasteiger partial charge is 0.469 e. The lowest BCUT2D eigenvalue weighted by molar-refractivity contribution is -0.127. The Kier molecular flexibility index (Phi) is 9.59. The molecule has 0 atom stereocenters. The van der Waals surface area contributed by atoms with Crippen LogP contribution in [0.2, 0.25) is 0 Å². The van der Waals surface area contributed by atoms with Crippen molar-refractivity contribution in [3.8, 4) is 0 Å². The minimum Gasteiger partial charge on any atom is -0.469 e. The highest BCUT2D eigenvalue weighted by Gasteiger charge is 2.14. The summed E-state index contributed by atoms with van der Waals surface area (Å²) < 4.78 is 16.7. The second-order valence-corrected chi connectivity index (χ2v) is 8.00. The molecule has 0 saturated carbocycles. The van der Waals surface area contributed by atoms with Gasteiger partial charge >= 0.3 is 0 Å². The van der Waals surface area contributed by atoms with Crippen LogP contribution in [0, 0.1) is 0 Å². The highest BCUT2D eigenvalue weighted by Crippen LogP contribution is 2.14. The zero-order valence-electron chi connectivity index (χ0n) is 19.0. The molecule has 0 spiro atoms. The minimum atomic E-state index is -0.0144. The molecule has 0 bridgehead atoms. The molecule has 1 aromatic carbocycles. The van der Waals surface area contributed by atoms with Crippen molar-refractivity contribution in [2.24, 2.45) is 4.99 Å². The van der Waals surface area contributed by atoms with Crippen LogP contribution in [0.5, 0.6) is 0 Å². The first-order valence-corrected chi connectivity index (χ1v) is 11.1. The number of guanidine groups is 1. The first-order valence-electron chi connectivity index (χ1n) is 11.1. The van der Waals surface area contributed by atoms with Crippen LogP contribution < -0.4 is 10.6 Å². The van der Waals surface area contributed by atoms with Gasteiger partial charge in [0.2, 0.25) is 5.91 Å². The fraction of sp³-hybridized carbons (Fsp3) is 0.500. The summed E-state index contributed by atoms with van der Waals surface area (Å²) in [5.41, 5.74) is 2.24. The third kappa shape index (κ3) is 8.36. The van der Waals surface area contributed by atoms with E-state index in [1.54, 1.807) is 25.3 Å². The number of nitrogens with one attached hydrogen (secondary N) is 2. The zero-order chi connectivity index (χ0) is 22.6. The van der Waals surface area contributed by atoms with Gasteiger partial charge < -0.3 is 29.4 Å². The molecule has 1 aliphatic rings. The number of carbonyl (C=O) groups is 1. The molecule has 3 rings (SSSR count). The number of likely N-dealkylation sites (N-methyl/N-ethyl adjacent to an activating group) is 1. The van der Waals surface area contributed by atoms with E-state index in [1.165, 1.54) is 0 Å². The Morgan fingerprint density at radius 3 is 2.56 bits per heavy atom. The number of hydrogen-bond acceptors (Lipinski definition) is 5. The first kappa shape index (κ1) is 23.8. The Hall–Kier alpha value is -2.84. The molecule has 8 heteroatoms. The zero-order valence-corrected chi connectivity index (χ0v) is 19.0. The van der Waals surface area contributed by atoms with Crippen LogP contribution in [0.4, 0.5) is 0 Å². The molecule has 1 aliphatic heterocycles. The van der Waals surface area contributed by atoms with Gasteiger partial charge in [0.05, 0.1) is 32.1 Å². The number of benzene rings is 1. The summed E-state index contributed by atoms with van der Waals surface area (Å²) in [4.78, 5) is 18.1. The Labute approximate surface area is 190 Å². The van der Waals surface area contributed by atoms with Crippen molar-refractivity contribution in [3.63, 3.8) is 0 Å². The third-order valence-corrected chi connectivity index (χ3v) is 5.25. The van der Waals surface area contributed by atoms with Crippen molar-refractivity contribution in [1.82, 2.24) is 15.5 Å². The van der Waals surface area contributed by atoms with Crippen molar-refractivity contribution < 1.29 is 18.7 Å². The van der Waals surface area contributed by atoms with Gasteiger partial charge in [-0.3, -0.25) is 4.79 Å². The maximum Gasteiger partial charge on any atom is 0.241 e.